The number of hydrogen-bond donors (Lipinski definition) is 1. The third-order valence-corrected chi connectivity index (χ3v) is 5.27. The second-order valence-corrected chi connectivity index (χ2v) is 6.75. The molecule has 1 aliphatic heterocycles. The lowest BCUT2D eigenvalue weighted by atomic mass is 10.3. The van der Waals surface area contributed by atoms with E-state index in [1.165, 1.54) is 10.4 Å². The van der Waals surface area contributed by atoms with Crippen molar-refractivity contribution in [3.8, 4) is 5.75 Å². The molecule has 1 saturated heterocycles. The van der Waals surface area contributed by atoms with Crippen molar-refractivity contribution in [1.82, 2.24) is 9.21 Å². The fraction of sp³-hybridized carbons (Fsp3) is 0.538. The molecule has 0 unspecified atom stereocenters. The number of piperazine rings is 1. The Bertz CT molecular complexity index is 566. The molecule has 1 fully saturated rings. The van der Waals surface area contributed by atoms with E-state index >= 15 is 0 Å². The van der Waals surface area contributed by atoms with Crippen LogP contribution in [0.15, 0.2) is 23.1 Å². The van der Waals surface area contributed by atoms with E-state index in [-0.39, 0.29) is 4.90 Å². The fourth-order valence-corrected chi connectivity index (χ4v) is 3.76. The molecule has 1 aliphatic rings. The van der Waals surface area contributed by atoms with Crippen molar-refractivity contribution in [2.24, 2.45) is 0 Å². The van der Waals surface area contributed by atoms with Crippen molar-refractivity contribution in [2.75, 3.05) is 45.6 Å². The van der Waals surface area contributed by atoms with E-state index in [0.29, 0.717) is 31.1 Å². The number of ether oxygens (including phenoxy) is 1. The van der Waals surface area contributed by atoms with Crippen molar-refractivity contribution in [1.29, 1.82) is 0 Å². The van der Waals surface area contributed by atoms with Gasteiger partial charge in [0.15, 0.2) is 0 Å². The number of hydrogen-bond acceptors (Lipinski definition) is 5. The Balaban J connectivity index is 2.35. The number of rotatable bonds is 4. The van der Waals surface area contributed by atoms with Gasteiger partial charge in [0, 0.05) is 31.9 Å². The van der Waals surface area contributed by atoms with Gasteiger partial charge in [-0.2, -0.15) is 4.31 Å². The molecule has 7 heteroatoms. The van der Waals surface area contributed by atoms with Gasteiger partial charge in [0.05, 0.1) is 6.61 Å². The molecular formula is C13H21N3O3S. The van der Waals surface area contributed by atoms with Crippen molar-refractivity contribution in [3.05, 3.63) is 18.2 Å². The van der Waals surface area contributed by atoms with Crippen LogP contribution in [0.5, 0.6) is 5.75 Å². The van der Waals surface area contributed by atoms with E-state index in [4.69, 9.17) is 10.5 Å². The molecule has 1 aromatic carbocycles. The molecule has 0 spiro atoms. The van der Waals surface area contributed by atoms with E-state index in [1.54, 1.807) is 12.1 Å². The summed E-state index contributed by atoms with van der Waals surface area (Å²) in [6.07, 6.45) is 0. The Morgan fingerprint density at radius 1 is 1.25 bits per heavy atom. The van der Waals surface area contributed by atoms with Crippen molar-refractivity contribution in [3.63, 3.8) is 0 Å². The molecule has 0 aromatic heterocycles. The van der Waals surface area contributed by atoms with Gasteiger partial charge in [-0.1, -0.05) is 0 Å². The quantitative estimate of drug-likeness (QED) is 0.824. The third kappa shape index (κ3) is 3.05. The summed E-state index contributed by atoms with van der Waals surface area (Å²) in [4.78, 5) is 2.26. The Labute approximate surface area is 120 Å². The van der Waals surface area contributed by atoms with Gasteiger partial charge in [0.25, 0.3) is 0 Å². The van der Waals surface area contributed by atoms with E-state index in [0.717, 1.165) is 13.1 Å². The van der Waals surface area contributed by atoms with Crippen LogP contribution in [-0.2, 0) is 10.0 Å². The minimum atomic E-state index is -3.56. The molecule has 0 radical (unpaired) electrons. The van der Waals surface area contributed by atoms with Crippen LogP contribution in [0.3, 0.4) is 0 Å². The summed E-state index contributed by atoms with van der Waals surface area (Å²) in [6.45, 7) is 4.66. The molecule has 20 heavy (non-hydrogen) atoms. The molecule has 0 bridgehead atoms. The Kier molecular flexibility index (Phi) is 4.52. The zero-order chi connectivity index (χ0) is 14.8. The number of sulfonamides is 1. The molecular weight excluding hydrogens is 278 g/mol. The second kappa shape index (κ2) is 5.99. The Morgan fingerprint density at radius 3 is 2.50 bits per heavy atom. The van der Waals surface area contributed by atoms with Crippen LogP contribution in [0, 0.1) is 0 Å². The van der Waals surface area contributed by atoms with Crippen molar-refractivity contribution in [2.45, 2.75) is 11.8 Å². The maximum absolute atomic E-state index is 12.7. The normalized spacial score (nSPS) is 18.1. The topological polar surface area (TPSA) is 75.9 Å². The van der Waals surface area contributed by atoms with Crippen LogP contribution in [0.1, 0.15) is 6.92 Å². The molecule has 6 nitrogen and oxygen atoms in total. The number of nitrogens with two attached hydrogens (primary N) is 1. The molecule has 0 saturated carbocycles. The smallest absolute Gasteiger partial charge is 0.246 e. The molecule has 2 N–H and O–H groups in total. The lowest BCUT2D eigenvalue weighted by Crippen LogP contribution is -2.47. The monoisotopic (exact) mass is 299 g/mol. The van der Waals surface area contributed by atoms with Gasteiger partial charge < -0.3 is 15.4 Å². The van der Waals surface area contributed by atoms with Gasteiger partial charge in [-0.15, -0.1) is 0 Å². The molecule has 0 atom stereocenters. The highest BCUT2D eigenvalue weighted by atomic mass is 32.2. The summed E-state index contributed by atoms with van der Waals surface area (Å²) in [5, 5.41) is 0. The predicted octanol–water partition coefficient (Wildman–Crippen LogP) is 0.604. The summed E-state index contributed by atoms with van der Waals surface area (Å²) in [5.41, 5.74) is 6.14. The highest BCUT2D eigenvalue weighted by molar-refractivity contribution is 7.89. The summed E-state index contributed by atoms with van der Waals surface area (Å²) < 4.78 is 32.3. The van der Waals surface area contributed by atoms with Crippen LogP contribution in [0.4, 0.5) is 5.69 Å². The first kappa shape index (κ1) is 15.1. The maximum atomic E-state index is 12.7. The third-order valence-electron chi connectivity index (χ3n) is 3.35. The summed E-state index contributed by atoms with van der Waals surface area (Å²) in [7, 11) is -1.58. The SMILES string of the molecule is CCOc1ccc(N)cc1S(=O)(=O)N1CCN(C)CC1. The van der Waals surface area contributed by atoms with E-state index in [9.17, 15) is 8.42 Å². The van der Waals surface area contributed by atoms with Crippen LogP contribution < -0.4 is 10.5 Å². The zero-order valence-electron chi connectivity index (χ0n) is 11.9. The van der Waals surface area contributed by atoms with Gasteiger partial charge in [0.2, 0.25) is 10.0 Å². The first-order valence-electron chi connectivity index (χ1n) is 6.66. The van der Waals surface area contributed by atoms with Crippen LogP contribution in [0.2, 0.25) is 0 Å². The fourth-order valence-electron chi connectivity index (χ4n) is 2.17. The van der Waals surface area contributed by atoms with E-state index in [1.807, 2.05) is 14.0 Å². The number of nitrogen functional groups attached to an aromatic ring is 1. The lowest BCUT2D eigenvalue weighted by molar-refractivity contribution is 0.222. The Morgan fingerprint density at radius 2 is 1.90 bits per heavy atom. The first-order valence-corrected chi connectivity index (χ1v) is 8.10. The largest absolute Gasteiger partial charge is 0.492 e. The second-order valence-electron chi connectivity index (χ2n) is 4.85. The molecule has 0 amide bonds. The molecule has 1 aromatic rings. The Hall–Kier alpha value is -1.31. The van der Waals surface area contributed by atoms with Gasteiger partial charge in [-0.05, 0) is 32.2 Å². The average Bonchev–Trinajstić information content (AvgIpc) is 2.41. The van der Waals surface area contributed by atoms with E-state index < -0.39 is 10.0 Å². The minimum Gasteiger partial charge on any atom is -0.492 e. The van der Waals surface area contributed by atoms with Crippen LogP contribution >= 0.6 is 0 Å². The van der Waals surface area contributed by atoms with Crippen LogP contribution in [0.25, 0.3) is 0 Å². The van der Waals surface area contributed by atoms with Gasteiger partial charge in [0.1, 0.15) is 10.6 Å². The zero-order valence-corrected chi connectivity index (χ0v) is 12.7. The van der Waals surface area contributed by atoms with Gasteiger partial charge in [-0.25, -0.2) is 8.42 Å². The first-order chi connectivity index (χ1) is 9.45. The lowest BCUT2D eigenvalue weighted by Gasteiger charge is -2.31. The summed E-state index contributed by atoms with van der Waals surface area (Å²) in [6, 6.07) is 4.73. The van der Waals surface area contributed by atoms with Crippen LogP contribution in [-0.4, -0.2) is 57.5 Å². The summed E-state index contributed by atoms with van der Waals surface area (Å²) >= 11 is 0. The highest BCUT2D eigenvalue weighted by Crippen LogP contribution is 2.29. The molecule has 2 rings (SSSR count). The van der Waals surface area contributed by atoms with E-state index in [2.05, 4.69) is 4.90 Å². The maximum Gasteiger partial charge on any atom is 0.246 e. The average molecular weight is 299 g/mol. The predicted molar refractivity (Wildman–Crippen MR) is 78.3 cm³/mol. The highest BCUT2D eigenvalue weighted by Gasteiger charge is 2.30. The van der Waals surface area contributed by atoms with Gasteiger partial charge >= 0.3 is 0 Å². The number of nitrogens with zero attached hydrogens (tertiary/aromatic N) is 2. The van der Waals surface area contributed by atoms with Gasteiger partial charge in [-0.3, -0.25) is 0 Å². The molecule has 0 aliphatic carbocycles. The van der Waals surface area contributed by atoms with Crippen molar-refractivity contribution >= 4 is 15.7 Å². The standard InChI is InChI=1S/C13H21N3O3S/c1-3-19-12-5-4-11(14)10-13(12)20(17,18)16-8-6-15(2)7-9-16/h4-5,10H,3,6-9,14H2,1-2H3. The number of benzene rings is 1. The number of anilines is 1. The molecule has 112 valence electrons. The minimum absolute atomic E-state index is 0.156. The summed E-state index contributed by atoms with van der Waals surface area (Å²) in [5.74, 6) is 0.362. The molecule has 1 heterocycles. The van der Waals surface area contributed by atoms with Crippen molar-refractivity contribution < 1.29 is 13.2 Å². The number of likely N-dealkylation sites (N-methyl/N-ethyl adjacent to an activating group) is 1.